The Balaban J connectivity index is 1.50. The predicted molar refractivity (Wildman–Crippen MR) is 81.8 cm³/mol. The van der Waals surface area contributed by atoms with Crippen LogP contribution in [-0.4, -0.2) is 12.6 Å². The minimum atomic E-state index is 0.519. The third kappa shape index (κ3) is 3.37. The van der Waals surface area contributed by atoms with E-state index in [1.807, 2.05) is 6.07 Å². The molecule has 2 heterocycles. The van der Waals surface area contributed by atoms with Gasteiger partial charge in [-0.05, 0) is 29.7 Å². The molecule has 0 amide bonds. The molecule has 1 aliphatic heterocycles. The second kappa shape index (κ2) is 6.06. The Labute approximate surface area is 122 Å². The molecule has 0 bridgehead atoms. The van der Waals surface area contributed by atoms with Crippen molar-refractivity contribution in [3.8, 4) is 0 Å². The standard InChI is InChI=1S/C15H17ClN2S/c16-15-6-5-14(19-15)10-17-9-13-7-11-3-1-2-4-12(11)8-18-13/h1-6,13,17-18H,7-10H2. The van der Waals surface area contributed by atoms with E-state index in [1.54, 1.807) is 11.3 Å². The summed E-state index contributed by atoms with van der Waals surface area (Å²) in [5.41, 5.74) is 2.91. The van der Waals surface area contributed by atoms with Crippen LogP contribution in [0.15, 0.2) is 36.4 Å². The Morgan fingerprint density at radius 3 is 2.84 bits per heavy atom. The minimum Gasteiger partial charge on any atom is -0.310 e. The van der Waals surface area contributed by atoms with Crippen LogP contribution in [0.2, 0.25) is 4.34 Å². The summed E-state index contributed by atoms with van der Waals surface area (Å²) in [6.07, 6.45) is 1.11. The van der Waals surface area contributed by atoms with Gasteiger partial charge in [0, 0.05) is 30.6 Å². The molecule has 4 heteroatoms. The fraction of sp³-hybridized carbons (Fsp3) is 0.333. The quantitative estimate of drug-likeness (QED) is 0.904. The Bertz CT molecular complexity index is 553. The molecule has 2 aromatic rings. The van der Waals surface area contributed by atoms with E-state index in [4.69, 9.17) is 11.6 Å². The van der Waals surface area contributed by atoms with E-state index in [1.165, 1.54) is 16.0 Å². The zero-order valence-electron chi connectivity index (χ0n) is 10.7. The van der Waals surface area contributed by atoms with Gasteiger partial charge < -0.3 is 10.6 Å². The van der Waals surface area contributed by atoms with Crippen molar-refractivity contribution in [2.24, 2.45) is 0 Å². The average Bonchev–Trinajstić information content (AvgIpc) is 2.84. The molecule has 0 fully saturated rings. The van der Waals surface area contributed by atoms with Gasteiger partial charge in [0.1, 0.15) is 0 Å². The summed E-state index contributed by atoms with van der Waals surface area (Å²) in [4.78, 5) is 1.29. The predicted octanol–water partition coefficient (Wildman–Crippen LogP) is 3.21. The Hall–Kier alpha value is -0.870. The van der Waals surface area contributed by atoms with Crippen molar-refractivity contribution < 1.29 is 0 Å². The molecule has 1 atom stereocenters. The topological polar surface area (TPSA) is 24.1 Å². The van der Waals surface area contributed by atoms with Gasteiger partial charge in [-0.3, -0.25) is 0 Å². The van der Waals surface area contributed by atoms with Gasteiger partial charge in [-0.2, -0.15) is 0 Å². The van der Waals surface area contributed by atoms with E-state index >= 15 is 0 Å². The number of benzene rings is 1. The Morgan fingerprint density at radius 1 is 1.21 bits per heavy atom. The third-order valence-corrected chi connectivity index (χ3v) is 4.72. The second-order valence-electron chi connectivity index (χ2n) is 4.89. The van der Waals surface area contributed by atoms with Crippen LogP contribution in [0.5, 0.6) is 0 Å². The van der Waals surface area contributed by atoms with Crippen molar-refractivity contribution in [1.29, 1.82) is 0 Å². The zero-order chi connectivity index (χ0) is 13.1. The molecule has 2 nitrogen and oxygen atoms in total. The van der Waals surface area contributed by atoms with Crippen LogP contribution in [0.3, 0.4) is 0 Å². The lowest BCUT2D eigenvalue weighted by atomic mass is 9.96. The van der Waals surface area contributed by atoms with Gasteiger partial charge in [0.05, 0.1) is 4.34 Å². The smallest absolute Gasteiger partial charge is 0.0931 e. The molecule has 0 saturated carbocycles. The van der Waals surface area contributed by atoms with E-state index in [0.29, 0.717) is 6.04 Å². The van der Waals surface area contributed by atoms with Gasteiger partial charge in [-0.25, -0.2) is 0 Å². The summed E-state index contributed by atoms with van der Waals surface area (Å²) in [5.74, 6) is 0. The number of fused-ring (bicyclic) bond motifs is 1. The molecule has 19 heavy (non-hydrogen) atoms. The zero-order valence-corrected chi connectivity index (χ0v) is 12.2. The largest absolute Gasteiger partial charge is 0.310 e. The first kappa shape index (κ1) is 13.1. The highest BCUT2D eigenvalue weighted by atomic mass is 35.5. The molecule has 100 valence electrons. The Kier molecular flexibility index (Phi) is 4.18. The van der Waals surface area contributed by atoms with E-state index in [-0.39, 0.29) is 0 Å². The third-order valence-electron chi connectivity index (χ3n) is 3.48. The van der Waals surface area contributed by atoms with Gasteiger partial charge in [0.15, 0.2) is 0 Å². The maximum absolute atomic E-state index is 5.92. The lowest BCUT2D eigenvalue weighted by molar-refractivity contribution is 0.448. The van der Waals surface area contributed by atoms with Gasteiger partial charge in [0.2, 0.25) is 0 Å². The SMILES string of the molecule is Clc1ccc(CNCC2Cc3ccccc3CN2)s1. The summed E-state index contributed by atoms with van der Waals surface area (Å²) >= 11 is 7.57. The highest BCUT2D eigenvalue weighted by molar-refractivity contribution is 7.16. The van der Waals surface area contributed by atoms with Crippen LogP contribution in [0.1, 0.15) is 16.0 Å². The molecule has 1 aromatic heterocycles. The number of halogens is 1. The van der Waals surface area contributed by atoms with Crippen molar-refractivity contribution in [3.05, 3.63) is 56.7 Å². The minimum absolute atomic E-state index is 0.519. The molecule has 3 rings (SSSR count). The van der Waals surface area contributed by atoms with Crippen LogP contribution in [0.4, 0.5) is 0 Å². The maximum atomic E-state index is 5.92. The molecule has 1 aromatic carbocycles. The monoisotopic (exact) mass is 292 g/mol. The van der Waals surface area contributed by atoms with Crippen molar-refractivity contribution in [3.63, 3.8) is 0 Å². The summed E-state index contributed by atoms with van der Waals surface area (Å²) in [6, 6.07) is 13.2. The van der Waals surface area contributed by atoms with Crippen molar-refractivity contribution in [1.82, 2.24) is 10.6 Å². The van der Waals surface area contributed by atoms with Gasteiger partial charge in [0.25, 0.3) is 0 Å². The van der Waals surface area contributed by atoms with Crippen LogP contribution in [0.25, 0.3) is 0 Å². The Morgan fingerprint density at radius 2 is 2.05 bits per heavy atom. The first-order chi connectivity index (χ1) is 9.31. The van der Waals surface area contributed by atoms with Crippen molar-refractivity contribution in [2.45, 2.75) is 25.6 Å². The van der Waals surface area contributed by atoms with Crippen molar-refractivity contribution in [2.75, 3.05) is 6.54 Å². The lowest BCUT2D eigenvalue weighted by Crippen LogP contribution is -2.42. The summed E-state index contributed by atoms with van der Waals surface area (Å²) in [6.45, 7) is 2.87. The number of hydrogen-bond acceptors (Lipinski definition) is 3. The number of rotatable bonds is 4. The lowest BCUT2D eigenvalue weighted by Gasteiger charge is -2.26. The van der Waals surface area contributed by atoms with Crippen LogP contribution in [0, 0.1) is 0 Å². The number of thiophene rings is 1. The average molecular weight is 293 g/mol. The molecule has 0 aliphatic carbocycles. The number of nitrogens with one attached hydrogen (secondary N) is 2. The number of hydrogen-bond donors (Lipinski definition) is 2. The fourth-order valence-electron chi connectivity index (χ4n) is 2.48. The molecule has 0 saturated heterocycles. The van der Waals surface area contributed by atoms with Gasteiger partial charge >= 0.3 is 0 Å². The highest BCUT2D eigenvalue weighted by Crippen LogP contribution is 2.21. The molecule has 0 radical (unpaired) electrons. The maximum Gasteiger partial charge on any atom is 0.0931 e. The summed E-state index contributed by atoms with van der Waals surface area (Å²) in [5, 5.41) is 7.09. The first-order valence-electron chi connectivity index (χ1n) is 6.56. The van der Waals surface area contributed by atoms with E-state index in [0.717, 1.165) is 30.4 Å². The second-order valence-corrected chi connectivity index (χ2v) is 6.69. The molecular weight excluding hydrogens is 276 g/mol. The van der Waals surface area contributed by atoms with E-state index < -0.39 is 0 Å². The van der Waals surface area contributed by atoms with E-state index in [2.05, 4.69) is 41.0 Å². The van der Waals surface area contributed by atoms with Crippen LogP contribution >= 0.6 is 22.9 Å². The molecule has 2 N–H and O–H groups in total. The molecule has 0 spiro atoms. The van der Waals surface area contributed by atoms with Crippen LogP contribution < -0.4 is 10.6 Å². The molecule has 1 aliphatic rings. The first-order valence-corrected chi connectivity index (χ1v) is 7.76. The van der Waals surface area contributed by atoms with Crippen molar-refractivity contribution >= 4 is 22.9 Å². The summed E-state index contributed by atoms with van der Waals surface area (Å²) < 4.78 is 0.863. The summed E-state index contributed by atoms with van der Waals surface area (Å²) in [7, 11) is 0. The molecule has 1 unspecified atom stereocenters. The van der Waals surface area contributed by atoms with Gasteiger partial charge in [-0.15, -0.1) is 11.3 Å². The normalized spacial score (nSPS) is 18.3. The van der Waals surface area contributed by atoms with Crippen LogP contribution in [-0.2, 0) is 19.5 Å². The highest BCUT2D eigenvalue weighted by Gasteiger charge is 2.16. The molecular formula is C15H17ClN2S. The van der Waals surface area contributed by atoms with E-state index in [9.17, 15) is 0 Å². The van der Waals surface area contributed by atoms with Gasteiger partial charge in [-0.1, -0.05) is 35.9 Å². The fourth-order valence-corrected chi connectivity index (χ4v) is 3.54.